The molecule has 116 valence electrons. The van der Waals surface area contributed by atoms with E-state index in [2.05, 4.69) is 0 Å². The van der Waals surface area contributed by atoms with Gasteiger partial charge in [0.2, 0.25) is 5.91 Å². The molecule has 0 bridgehead atoms. The van der Waals surface area contributed by atoms with Crippen LogP contribution in [0.15, 0.2) is 24.3 Å². The zero-order valence-electron chi connectivity index (χ0n) is 12.0. The molecule has 1 aromatic carbocycles. The third-order valence-electron chi connectivity index (χ3n) is 3.51. The fourth-order valence-electron chi connectivity index (χ4n) is 2.34. The number of halogens is 1. The second-order valence-electron chi connectivity index (χ2n) is 5.20. The molecule has 0 unspecified atom stereocenters. The van der Waals surface area contributed by atoms with Crippen LogP contribution < -0.4 is 4.90 Å². The van der Waals surface area contributed by atoms with Gasteiger partial charge in [0.25, 0.3) is 0 Å². The Kier molecular flexibility index (Phi) is 4.82. The first-order chi connectivity index (χ1) is 9.87. The highest BCUT2D eigenvalue weighted by molar-refractivity contribution is 7.90. The molecule has 1 amide bonds. The summed E-state index contributed by atoms with van der Waals surface area (Å²) in [5, 5.41) is 0. The summed E-state index contributed by atoms with van der Waals surface area (Å²) >= 11 is 0. The van der Waals surface area contributed by atoms with Gasteiger partial charge in [0, 0.05) is 38.9 Å². The number of sulfone groups is 1. The predicted octanol–water partition coefficient (Wildman–Crippen LogP) is 0.909. The van der Waals surface area contributed by atoms with Crippen LogP contribution in [0.3, 0.4) is 0 Å². The smallest absolute Gasteiger partial charge is 0.223 e. The number of rotatable bonds is 4. The molecule has 1 aliphatic heterocycles. The highest BCUT2D eigenvalue weighted by Gasteiger charge is 2.23. The molecule has 0 saturated carbocycles. The number of para-hydroxylation sites is 1. The Balaban J connectivity index is 1.89. The lowest BCUT2D eigenvalue weighted by Crippen LogP contribution is -2.49. The lowest BCUT2D eigenvalue weighted by Gasteiger charge is -2.36. The van der Waals surface area contributed by atoms with Gasteiger partial charge in [-0.1, -0.05) is 12.1 Å². The number of piperazine rings is 1. The molecule has 1 fully saturated rings. The van der Waals surface area contributed by atoms with E-state index in [9.17, 15) is 17.6 Å². The van der Waals surface area contributed by atoms with E-state index in [1.165, 1.54) is 6.07 Å². The predicted molar refractivity (Wildman–Crippen MR) is 79.5 cm³/mol. The molecule has 0 radical (unpaired) electrons. The molecule has 5 nitrogen and oxygen atoms in total. The fraction of sp³-hybridized carbons (Fsp3) is 0.500. The monoisotopic (exact) mass is 314 g/mol. The van der Waals surface area contributed by atoms with Gasteiger partial charge in [-0.15, -0.1) is 0 Å². The van der Waals surface area contributed by atoms with Crippen molar-refractivity contribution in [3.8, 4) is 0 Å². The Labute approximate surface area is 124 Å². The molecule has 0 N–H and O–H groups in total. The van der Waals surface area contributed by atoms with Crippen molar-refractivity contribution in [2.75, 3.05) is 43.1 Å². The summed E-state index contributed by atoms with van der Waals surface area (Å²) in [4.78, 5) is 15.5. The molecule has 1 aliphatic rings. The summed E-state index contributed by atoms with van der Waals surface area (Å²) in [6, 6.07) is 6.56. The number of anilines is 1. The summed E-state index contributed by atoms with van der Waals surface area (Å²) in [6.07, 6.45) is 1.13. The minimum atomic E-state index is -3.12. The molecular weight excluding hydrogens is 295 g/mol. The van der Waals surface area contributed by atoms with Crippen LogP contribution in [0.4, 0.5) is 10.1 Å². The number of carbonyl (C=O) groups is 1. The van der Waals surface area contributed by atoms with Crippen molar-refractivity contribution in [3.05, 3.63) is 30.1 Å². The van der Waals surface area contributed by atoms with Crippen molar-refractivity contribution >= 4 is 21.4 Å². The molecule has 1 saturated heterocycles. The van der Waals surface area contributed by atoms with E-state index >= 15 is 0 Å². The van der Waals surface area contributed by atoms with E-state index in [1.807, 2.05) is 4.90 Å². The highest BCUT2D eigenvalue weighted by atomic mass is 32.2. The number of hydrogen-bond acceptors (Lipinski definition) is 4. The lowest BCUT2D eigenvalue weighted by molar-refractivity contribution is -0.131. The number of carbonyl (C=O) groups excluding carboxylic acids is 1. The number of nitrogens with zero attached hydrogens (tertiary/aromatic N) is 2. The zero-order chi connectivity index (χ0) is 15.5. The Morgan fingerprint density at radius 3 is 2.38 bits per heavy atom. The van der Waals surface area contributed by atoms with Crippen LogP contribution in [0.1, 0.15) is 6.42 Å². The van der Waals surface area contributed by atoms with Crippen molar-refractivity contribution in [2.45, 2.75) is 6.42 Å². The SMILES string of the molecule is CS(=O)(=O)CCC(=O)N1CCN(c2ccccc2F)CC1. The molecule has 0 aliphatic carbocycles. The van der Waals surface area contributed by atoms with Crippen LogP contribution in [0, 0.1) is 5.82 Å². The van der Waals surface area contributed by atoms with Gasteiger partial charge in [-0.25, -0.2) is 12.8 Å². The van der Waals surface area contributed by atoms with Crippen LogP contribution in [0.5, 0.6) is 0 Å². The van der Waals surface area contributed by atoms with E-state index in [0.29, 0.717) is 31.9 Å². The number of benzene rings is 1. The van der Waals surface area contributed by atoms with E-state index in [1.54, 1.807) is 23.1 Å². The van der Waals surface area contributed by atoms with Crippen molar-refractivity contribution in [3.63, 3.8) is 0 Å². The third kappa shape index (κ3) is 4.42. The van der Waals surface area contributed by atoms with Crippen LogP contribution >= 0.6 is 0 Å². The van der Waals surface area contributed by atoms with Crippen LogP contribution in [0.25, 0.3) is 0 Å². The van der Waals surface area contributed by atoms with E-state index in [-0.39, 0.29) is 23.9 Å². The average molecular weight is 314 g/mol. The third-order valence-corrected chi connectivity index (χ3v) is 4.46. The van der Waals surface area contributed by atoms with Crippen LogP contribution in [-0.4, -0.2) is 57.4 Å². The minimum absolute atomic E-state index is 0.0124. The summed E-state index contributed by atoms with van der Waals surface area (Å²) in [6.45, 7) is 2.06. The molecule has 0 spiro atoms. The van der Waals surface area contributed by atoms with E-state index in [4.69, 9.17) is 0 Å². The summed E-state index contributed by atoms with van der Waals surface area (Å²) < 4.78 is 35.8. The highest BCUT2D eigenvalue weighted by Crippen LogP contribution is 2.20. The number of hydrogen-bond donors (Lipinski definition) is 0. The Hall–Kier alpha value is -1.63. The molecule has 7 heteroatoms. The molecule has 0 aromatic heterocycles. The minimum Gasteiger partial charge on any atom is -0.366 e. The summed E-state index contributed by atoms with van der Waals surface area (Å²) in [5.74, 6) is -0.553. The van der Waals surface area contributed by atoms with Gasteiger partial charge in [-0.3, -0.25) is 4.79 Å². The van der Waals surface area contributed by atoms with Crippen molar-refractivity contribution in [1.29, 1.82) is 0 Å². The topological polar surface area (TPSA) is 57.7 Å². The molecule has 0 atom stereocenters. The maximum atomic E-state index is 13.7. The van der Waals surface area contributed by atoms with Gasteiger partial charge < -0.3 is 9.80 Å². The maximum absolute atomic E-state index is 13.7. The maximum Gasteiger partial charge on any atom is 0.223 e. The van der Waals surface area contributed by atoms with Gasteiger partial charge in [0.1, 0.15) is 15.7 Å². The zero-order valence-corrected chi connectivity index (χ0v) is 12.8. The van der Waals surface area contributed by atoms with E-state index < -0.39 is 9.84 Å². The Bertz CT molecular complexity index is 610. The van der Waals surface area contributed by atoms with Gasteiger partial charge in [-0.2, -0.15) is 0 Å². The normalized spacial score (nSPS) is 16.1. The van der Waals surface area contributed by atoms with Gasteiger partial charge in [-0.05, 0) is 12.1 Å². The van der Waals surface area contributed by atoms with Gasteiger partial charge >= 0.3 is 0 Å². The van der Waals surface area contributed by atoms with Crippen LogP contribution in [0.2, 0.25) is 0 Å². The summed E-state index contributed by atoms with van der Waals surface area (Å²) in [5.41, 5.74) is 0.542. The first kappa shape index (κ1) is 15.8. The van der Waals surface area contributed by atoms with Crippen molar-refractivity contribution in [1.82, 2.24) is 4.90 Å². The lowest BCUT2D eigenvalue weighted by atomic mass is 10.2. The number of amides is 1. The first-order valence-corrected chi connectivity index (χ1v) is 8.88. The van der Waals surface area contributed by atoms with Crippen molar-refractivity contribution in [2.24, 2.45) is 0 Å². The molecule has 1 heterocycles. The second kappa shape index (κ2) is 6.43. The quantitative estimate of drug-likeness (QED) is 0.829. The van der Waals surface area contributed by atoms with E-state index in [0.717, 1.165) is 6.26 Å². The molecular formula is C14H19FN2O3S. The Morgan fingerprint density at radius 2 is 1.81 bits per heavy atom. The molecule has 2 rings (SSSR count). The van der Waals surface area contributed by atoms with Crippen molar-refractivity contribution < 1.29 is 17.6 Å². The fourth-order valence-corrected chi connectivity index (χ4v) is 2.88. The van der Waals surface area contributed by atoms with Gasteiger partial charge in [0.05, 0.1) is 11.4 Å². The largest absolute Gasteiger partial charge is 0.366 e. The van der Waals surface area contributed by atoms with Crippen LogP contribution in [-0.2, 0) is 14.6 Å². The average Bonchev–Trinajstić information content (AvgIpc) is 2.45. The second-order valence-corrected chi connectivity index (χ2v) is 7.46. The summed E-state index contributed by atoms with van der Waals surface area (Å²) in [7, 11) is -3.12. The van der Waals surface area contributed by atoms with Gasteiger partial charge in [0.15, 0.2) is 0 Å². The molecule has 1 aromatic rings. The Morgan fingerprint density at radius 1 is 1.19 bits per heavy atom. The first-order valence-electron chi connectivity index (χ1n) is 6.82. The molecule has 21 heavy (non-hydrogen) atoms. The standard InChI is InChI=1S/C14H19FN2O3S/c1-21(19,20)11-6-14(18)17-9-7-16(8-10-17)13-5-3-2-4-12(13)15/h2-5H,6-11H2,1H3.